The van der Waals surface area contributed by atoms with Gasteiger partial charge in [0.05, 0.1) is 23.3 Å². The van der Waals surface area contributed by atoms with Crippen LogP contribution in [-0.4, -0.2) is 36.1 Å². The van der Waals surface area contributed by atoms with E-state index >= 15 is 0 Å². The fourth-order valence-corrected chi connectivity index (χ4v) is 4.52. The summed E-state index contributed by atoms with van der Waals surface area (Å²) in [5.74, 6) is 0.0464. The number of aliphatic imine (C=N–C) groups is 1. The normalized spacial score (nSPS) is 16.3. The van der Waals surface area contributed by atoms with Crippen LogP contribution < -0.4 is 0 Å². The number of rotatable bonds is 5. The number of esters is 1. The quantitative estimate of drug-likeness (QED) is 0.380. The zero-order chi connectivity index (χ0) is 21.8. The molecule has 0 N–H and O–H groups in total. The molecule has 0 bridgehead atoms. The molecule has 1 saturated heterocycles. The minimum absolute atomic E-state index is 0.149. The number of ether oxygens (including phenoxy) is 1. The maximum absolute atomic E-state index is 12.6. The van der Waals surface area contributed by atoms with E-state index in [1.165, 1.54) is 35.5 Å². The van der Waals surface area contributed by atoms with Crippen LogP contribution in [-0.2, 0) is 9.53 Å². The van der Waals surface area contributed by atoms with Crippen molar-refractivity contribution in [2.24, 2.45) is 4.99 Å². The van der Waals surface area contributed by atoms with Gasteiger partial charge in [0.15, 0.2) is 10.3 Å². The summed E-state index contributed by atoms with van der Waals surface area (Å²) < 4.78 is 10.5. The topological polar surface area (TPSA) is 72.1 Å². The summed E-state index contributed by atoms with van der Waals surface area (Å²) in [5.41, 5.74) is 1.08. The van der Waals surface area contributed by atoms with Crippen molar-refractivity contribution in [2.75, 3.05) is 14.2 Å². The van der Waals surface area contributed by atoms with Crippen molar-refractivity contribution < 1.29 is 18.7 Å². The predicted octanol–water partition coefficient (Wildman–Crippen LogP) is 5.45. The molecule has 1 amide bonds. The van der Waals surface area contributed by atoms with Crippen LogP contribution in [0.25, 0.3) is 6.08 Å². The van der Waals surface area contributed by atoms with Crippen molar-refractivity contribution in [1.29, 1.82) is 0 Å². The van der Waals surface area contributed by atoms with Crippen molar-refractivity contribution in [3.05, 3.63) is 83.0 Å². The highest BCUT2D eigenvalue weighted by Gasteiger charge is 2.30. The van der Waals surface area contributed by atoms with Crippen LogP contribution in [0, 0.1) is 0 Å². The number of likely N-dealkylation sites (N-methyl/N-ethyl adjacent to an activating group) is 1. The van der Waals surface area contributed by atoms with E-state index in [1.807, 2.05) is 42.5 Å². The van der Waals surface area contributed by atoms with Crippen molar-refractivity contribution in [2.45, 2.75) is 9.99 Å². The second-order valence-corrected chi connectivity index (χ2v) is 8.57. The maximum atomic E-state index is 12.6. The average molecular weight is 451 g/mol. The third-order valence-electron chi connectivity index (χ3n) is 4.35. The van der Waals surface area contributed by atoms with Crippen LogP contribution in [0.4, 0.5) is 5.69 Å². The van der Waals surface area contributed by atoms with Gasteiger partial charge in [0.1, 0.15) is 5.76 Å². The lowest BCUT2D eigenvalue weighted by Gasteiger charge is -2.07. The molecule has 2 heterocycles. The van der Waals surface area contributed by atoms with Crippen LogP contribution in [0.15, 0.2) is 91.0 Å². The van der Waals surface area contributed by atoms with E-state index in [9.17, 15) is 9.59 Å². The first-order valence-corrected chi connectivity index (χ1v) is 10.9. The molecule has 1 aliphatic heterocycles. The first kappa shape index (κ1) is 21.0. The highest BCUT2D eigenvalue weighted by molar-refractivity contribution is 8.18. The molecule has 31 heavy (non-hydrogen) atoms. The van der Waals surface area contributed by atoms with E-state index in [2.05, 4.69) is 4.99 Å². The van der Waals surface area contributed by atoms with E-state index in [0.717, 1.165) is 9.99 Å². The molecule has 0 spiro atoms. The lowest BCUT2D eigenvalue weighted by molar-refractivity contribution is -0.121. The molecule has 1 aliphatic rings. The smallest absolute Gasteiger partial charge is 0.337 e. The van der Waals surface area contributed by atoms with E-state index in [-0.39, 0.29) is 5.91 Å². The Balaban J connectivity index is 1.49. The van der Waals surface area contributed by atoms with Gasteiger partial charge in [-0.25, -0.2) is 9.79 Å². The molecule has 0 atom stereocenters. The number of thioether (sulfide) groups is 1. The van der Waals surface area contributed by atoms with Crippen LogP contribution in [0.5, 0.6) is 0 Å². The van der Waals surface area contributed by atoms with Crippen LogP contribution in [0.1, 0.15) is 16.1 Å². The number of methoxy groups -OCH3 is 1. The molecule has 2 aromatic carbocycles. The molecular formula is C23H18N2O4S2. The summed E-state index contributed by atoms with van der Waals surface area (Å²) in [6.07, 6.45) is 1.72. The third-order valence-corrected chi connectivity index (χ3v) is 6.34. The number of amides is 1. The largest absolute Gasteiger partial charge is 0.465 e. The van der Waals surface area contributed by atoms with Crippen LogP contribution in [0.3, 0.4) is 0 Å². The summed E-state index contributed by atoms with van der Waals surface area (Å²) in [6.45, 7) is 0. The molecule has 8 heteroatoms. The van der Waals surface area contributed by atoms with Gasteiger partial charge < -0.3 is 9.15 Å². The minimum Gasteiger partial charge on any atom is -0.465 e. The summed E-state index contributed by atoms with van der Waals surface area (Å²) >= 11 is 2.79. The van der Waals surface area contributed by atoms with Gasteiger partial charge in [-0.2, -0.15) is 0 Å². The Bertz CT molecular complexity index is 1170. The van der Waals surface area contributed by atoms with E-state index in [1.54, 1.807) is 37.4 Å². The van der Waals surface area contributed by atoms with Gasteiger partial charge in [0, 0.05) is 18.0 Å². The van der Waals surface area contributed by atoms with Crippen LogP contribution >= 0.6 is 23.5 Å². The molecule has 4 rings (SSSR count). The first-order valence-electron chi connectivity index (χ1n) is 9.31. The summed E-state index contributed by atoms with van der Waals surface area (Å²) in [7, 11) is 3.01. The zero-order valence-electron chi connectivity index (χ0n) is 16.8. The van der Waals surface area contributed by atoms with E-state index in [4.69, 9.17) is 9.15 Å². The number of nitrogens with zero attached hydrogens (tertiary/aromatic N) is 2. The van der Waals surface area contributed by atoms with Crippen molar-refractivity contribution in [3.8, 4) is 0 Å². The number of carbonyl (C=O) groups excluding carboxylic acids is 2. The van der Waals surface area contributed by atoms with Gasteiger partial charge >= 0.3 is 5.97 Å². The van der Waals surface area contributed by atoms with Gasteiger partial charge in [-0.1, -0.05) is 30.0 Å². The third kappa shape index (κ3) is 4.92. The lowest BCUT2D eigenvalue weighted by Crippen LogP contribution is -2.23. The fraction of sp³-hybridized carbons (Fsp3) is 0.0870. The van der Waals surface area contributed by atoms with E-state index < -0.39 is 5.97 Å². The zero-order valence-corrected chi connectivity index (χ0v) is 18.4. The number of carbonyl (C=O) groups is 2. The SMILES string of the molecule is COC(=O)c1ccc(N=C2SC(=Cc3ccc(Sc4ccccc4)o3)C(=O)N2C)cc1. The summed E-state index contributed by atoms with van der Waals surface area (Å²) in [4.78, 5) is 31.8. The lowest BCUT2D eigenvalue weighted by atomic mass is 10.2. The Morgan fingerprint density at radius 2 is 1.84 bits per heavy atom. The monoisotopic (exact) mass is 450 g/mol. The Labute approximate surface area is 188 Å². The van der Waals surface area contributed by atoms with Gasteiger partial charge in [0.2, 0.25) is 0 Å². The highest BCUT2D eigenvalue weighted by atomic mass is 32.2. The van der Waals surface area contributed by atoms with Gasteiger partial charge in [-0.15, -0.1) is 0 Å². The number of hydrogen-bond acceptors (Lipinski definition) is 7. The second kappa shape index (κ2) is 9.28. The molecule has 6 nitrogen and oxygen atoms in total. The first-order chi connectivity index (χ1) is 15.0. The van der Waals surface area contributed by atoms with Gasteiger partial charge in [0.25, 0.3) is 5.91 Å². The Morgan fingerprint density at radius 3 is 2.55 bits per heavy atom. The number of amidine groups is 1. The molecule has 1 fully saturated rings. The average Bonchev–Trinajstić information content (AvgIpc) is 3.34. The second-order valence-electron chi connectivity index (χ2n) is 6.48. The summed E-state index contributed by atoms with van der Waals surface area (Å²) in [6, 6.07) is 20.4. The highest BCUT2D eigenvalue weighted by Crippen LogP contribution is 2.35. The number of benzene rings is 2. The molecule has 3 aromatic rings. The molecule has 0 radical (unpaired) electrons. The number of furan rings is 1. The van der Waals surface area contributed by atoms with Gasteiger partial charge in [-0.05, 0) is 60.3 Å². The fourth-order valence-electron chi connectivity index (χ4n) is 2.75. The minimum atomic E-state index is -0.407. The number of hydrogen-bond donors (Lipinski definition) is 0. The Kier molecular flexibility index (Phi) is 6.29. The molecule has 0 saturated carbocycles. The predicted molar refractivity (Wildman–Crippen MR) is 122 cm³/mol. The van der Waals surface area contributed by atoms with Crippen molar-refractivity contribution >= 4 is 52.3 Å². The van der Waals surface area contributed by atoms with Gasteiger partial charge in [-0.3, -0.25) is 9.69 Å². The summed E-state index contributed by atoms with van der Waals surface area (Å²) in [5, 5.41) is 1.30. The molecule has 0 aliphatic carbocycles. The standard InChI is InChI=1S/C23H18N2O4S2/c1-25-21(26)19(14-17-12-13-20(29-17)30-18-6-4-3-5-7-18)31-23(25)24-16-10-8-15(9-11-16)22(27)28-2/h3-14H,1-2H3. The van der Waals surface area contributed by atoms with Crippen molar-refractivity contribution in [1.82, 2.24) is 4.90 Å². The maximum Gasteiger partial charge on any atom is 0.337 e. The van der Waals surface area contributed by atoms with E-state index in [0.29, 0.717) is 27.1 Å². The van der Waals surface area contributed by atoms with Crippen molar-refractivity contribution in [3.63, 3.8) is 0 Å². The molecular weight excluding hydrogens is 432 g/mol. The Hall–Kier alpha value is -3.23. The molecule has 0 unspecified atom stereocenters. The Morgan fingerprint density at radius 1 is 1.10 bits per heavy atom. The molecule has 156 valence electrons. The molecule has 1 aromatic heterocycles. The van der Waals surface area contributed by atoms with Crippen LogP contribution in [0.2, 0.25) is 0 Å².